The van der Waals surface area contributed by atoms with Crippen molar-refractivity contribution in [3.8, 4) is 0 Å². The Labute approximate surface area is 144 Å². The zero-order valence-electron chi connectivity index (χ0n) is 14.1. The van der Waals surface area contributed by atoms with Crippen molar-refractivity contribution in [3.05, 3.63) is 71.8 Å². The summed E-state index contributed by atoms with van der Waals surface area (Å²) in [7, 11) is 0. The number of rotatable bonds is 4. The van der Waals surface area contributed by atoms with Gasteiger partial charge in [-0.1, -0.05) is 67.1 Å². The monoisotopic (exact) mass is 319 g/mol. The van der Waals surface area contributed by atoms with Crippen molar-refractivity contribution < 1.29 is 4.79 Å². The Morgan fingerprint density at radius 1 is 1.00 bits per heavy atom. The summed E-state index contributed by atoms with van der Waals surface area (Å²) in [6.07, 6.45) is 5.30. The molecule has 0 amide bonds. The predicted molar refractivity (Wildman–Crippen MR) is 97.0 cm³/mol. The van der Waals surface area contributed by atoms with Crippen molar-refractivity contribution in [3.63, 3.8) is 0 Å². The number of benzene rings is 2. The lowest BCUT2D eigenvalue weighted by atomic mass is 9.64. The van der Waals surface area contributed by atoms with E-state index in [0.717, 1.165) is 24.9 Å². The molecular formula is C22H25NO. The van der Waals surface area contributed by atoms with Crippen molar-refractivity contribution in [1.29, 1.82) is 0 Å². The van der Waals surface area contributed by atoms with E-state index in [1.54, 1.807) is 0 Å². The maximum Gasteiger partial charge on any atom is 0.154 e. The number of Topliss-reactive ketones (excluding diaryl/α,β-unsaturated/α-hetero) is 1. The Balaban J connectivity index is 1.60. The first-order chi connectivity index (χ1) is 11.8. The Morgan fingerprint density at radius 2 is 1.71 bits per heavy atom. The largest absolute Gasteiger partial charge is 0.307 e. The summed E-state index contributed by atoms with van der Waals surface area (Å²) >= 11 is 0. The number of fused-ring (bicyclic) bond motifs is 1. The summed E-state index contributed by atoms with van der Waals surface area (Å²) in [6.45, 7) is 0.941. The standard InChI is InChI=1S/C22H25NO/c24-20(16-17-8-3-1-4-9-17)21-19-12-7-13-22(19,14-15-23-21)18-10-5-2-6-11-18/h1-6,8-11,19,21,23H,7,12-16H2. The predicted octanol–water partition coefficient (Wildman–Crippen LogP) is 3.90. The third-order valence-electron chi connectivity index (χ3n) is 6.10. The third-order valence-corrected chi connectivity index (χ3v) is 6.10. The molecule has 0 spiro atoms. The second kappa shape index (κ2) is 6.52. The van der Waals surface area contributed by atoms with Gasteiger partial charge in [0.1, 0.15) is 0 Å². The summed E-state index contributed by atoms with van der Waals surface area (Å²) in [5.41, 5.74) is 2.76. The molecule has 0 bridgehead atoms. The molecule has 24 heavy (non-hydrogen) atoms. The fourth-order valence-corrected chi connectivity index (χ4v) is 5.01. The molecule has 1 heterocycles. The van der Waals surface area contributed by atoms with Crippen molar-refractivity contribution in [1.82, 2.24) is 5.32 Å². The fraction of sp³-hybridized carbons (Fsp3) is 0.409. The number of ketones is 1. The molecule has 1 N–H and O–H groups in total. The molecule has 2 aromatic rings. The molecule has 3 unspecified atom stereocenters. The van der Waals surface area contributed by atoms with E-state index in [1.165, 1.54) is 18.4 Å². The number of carbonyl (C=O) groups excluding carboxylic acids is 1. The molecule has 3 atom stereocenters. The maximum absolute atomic E-state index is 13.0. The summed E-state index contributed by atoms with van der Waals surface area (Å²) in [5.74, 6) is 0.790. The molecule has 2 nitrogen and oxygen atoms in total. The van der Waals surface area contributed by atoms with E-state index in [1.807, 2.05) is 18.2 Å². The first kappa shape index (κ1) is 15.6. The van der Waals surface area contributed by atoms with Gasteiger partial charge in [-0.2, -0.15) is 0 Å². The number of carbonyl (C=O) groups is 1. The summed E-state index contributed by atoms with van der Waals surface area (Å²) < 4.78 is 0. The Hall–Kier alpha value is -1.93. The molecule has 2 heteroatoms. The smallest absolute Gasteiger partial charge is 0.154 e. The zero-order chi connectivity index (χ0) is 16.4. The van der Waals surface area contributed by atoms with E-state index >= 15 is 0 Å². The second-order valence-corrected chi connectivity index (χ2v) is 7.33. The van der Waals surface area contributed by atoms with Gasteiger partial charge in [-0.3, -0.25) is 4.79 Å². The highest BCUT2D eigenvalue weighted by atomic mass is 16.1. The molecule has 1 saturated carbocycles. The summed E-state index contributed by atoms with van der Waals surface area (Å²) in [4.78, 5) is 13.0. The molecule has 2 fully saturated rings. The van der Waals surface area contributed by atoms with Crippen LogP contribution in [0.25, 0.3) is 0 Å². The van der Waals surface area contributed by atoms with Crippen LogP contribution in [0.15, 0.2) is 60.7 Å². The van der Waals surface area contributed by atoms with Gasteiger partial charge in [-0.25, -0.2) is 0 Å². The minimum atomic E-state index is 0.00154. The van der Waals surface area contributed by atoms with Crippen LogP contribution in [-0.4, -0.2) is 18.4 Å². The normalized spacial score (nSPS) is 29.2. The van der Waals surface area contributed by atoms with Crippen LogP contribution in [0.4, 0.5) is 0 Å². The number of nitrogens with one attached hydrogen (secondary N) is 1. The average Bonchev–Trinajstić information content (AvgIpc) is 3.08. The van der Waals surface area contributed by atoms with Crippen LogP contribution in [-0.2, 0) is 16.6 Å². The van der Waals surface area contributed by atoms with Gasteiger partial charge in [0.15, 0.2) is 5.78 Å². The SMILES string of the molecule is O=C(Cc1ccccc1)C1NCCC2(c3ccccc3)CCCC12. The van der Waals surface area contributed by atoms with Gasteiger partial charge < -0.3 is 5.32 Å². The van der Waals surface area contributed by atoms with Crippen LogP contribution in [0.2, 0.25) is 0 Å². The van der Waals surface area contributed by atoms with Crippen LogP contribution in [0, 0.1) is 5.92 Å². The molecule has 4 rings (SSSR count). The van der Waals surface area contributed by atoms with Gasteiger partial charge in [0.25, 0.3) is 0 Å². The van der Waals surface area contributed by atoms with Gasteiger partial charge in [-0.15, -0.1) is 0 Å². The molecule has 2 aliphatic rings. The topological polar surface area (TPSA) is 29.1 Å². The van der Waals surface area contributed by atoms with Gasteiger partial charge in [-0.05, 0) is 42.9 Å². The molecule has 1 aliphatic heterocycles. The second-order valence-electron chi connectivity index (χ2n) is 7.33. The van der Waals surface area contributed by atoms with Gasteiger partial charge in [0, 0.05) is 11.8 Å². The van der Waals surface area contributed by atoms with Gasteiger partial charge >= 0.3 is 0 Å². The highest BCUT2D eigenvalue weighted by molar-refractivity contribution is 5.87. The fourth-order valence-electron chi connectivity index (χ4n) is 5.01. The Kier molecular flexibility index (Phi) is 4.24. The Bertz CT molecular complexity index is 696. The van der Waals surface area contributed by atoms with Crippen molar-refractivity contribution in [2.75, 3.05) is 6.54 Å². The molecule has 1 aliphatic carbocycles. The molecule has 0 aromatic heterocycles. The lowest BCUT2D eigenvalue weighted by molar-refractivity contribution is -0.123. The number of hydrogen-bond donors (Lipinski definition) is 1. The minimum Gasteiger partial charge on any atom is -0.307 e. The zero-order valence-corrected chi connectivity index (χ0v) is 14.1. The highest BCUT2D eigenvalue weighted by Crippen LogP contribution is 2.51. The van der Waals surface area contributed by atoms with E-state index in [4.69, 9.17) is 0 Å². The third kappa shape index (κ3) is 2.69. The lowest BCUT2D eigenvalue weighted by Gasteiger charge is -2.45. The van der Waals surface area contributed by atoms with E-state index in [9.17, 15) is 4.79 Å². The first-order valence-corrected chi connectivity index (χ1v) is 9.15. The highest BCUT2D eigenvalue weighted by Gasteiger charge is 2.51. The van der Waals surface area contributed by atoms with Crippen molar-refractivity contribution >= 4 is 5.78 Å². The average molecular weight is 319 g/mol. The maximum atomic E-state index is 13.0. The van der Waals surface area contributed by atoms with E-state index in [2.05, 4.69) is 47.8 Å². The minimum absolute atomic E-state index is 0.00154. The molecule has 124 valence electrons. The van der Waals surface area contributed by atoms with Crippen molar-refractivity contribution in [2.24, 2.45) is 5.92 Å². The lowest BCUT2D eigenvalue weighted by Crippen LogP contribution is -2.55. The van der Waals surface area contributed by atoms with Crippen LogP contribution >= 0.6 is 0 Å². The molecule has 2 aromatic carbocycles. The molecule has 1 saturated heterocycles. The van der Waals surface area contributed by atoms with Crippen LogP contribution in [0.5, 0.6) is 0 Å². The quantitative estimate of drug-likeness (QED) is 0.926. The van der Waals surface area contributed by atoms with E-state index in [-0.39, 0.29) is 11.5 Å². The molecular weight excluding hydrogens is 294 g/mol. The summed E-state index contributed by atoms with van der Waals surface area (Å²) in [5, 5.41) is 3.56. The summed E-state index contributed by atoms with van der Waals surface area (Å²) in [6, 6.07) is 21.0. The number of hydrogen-bond acceptors (Lipinski definition) is 2. The molecule has 0 radical (unpaired) electrons. The van der Waals surface area contributed by atoms with Gasteiger partial charge in [0.05, 0.1) is 6.04 Å². The van der Waals surface area contributed by atoms with E-state index in [0.29, 0.717) is 18.1 Å². The number of piperidine rings is 1. The van der Waals surface area contributed by atoms with E-state index < -0.39 is 0 Å². The Morgan fingerprint density at radius 3 is 2.46 bits per heavy atom. The van der Waals surface area contributed by atoms with Crippen LogP contribution < -0.4 is 5.32 Å². The van der Waals surface area contributed by atoms with Crippen LogP contribution in [0.1, 0.15) is 36.8 Å². The van der Waals surface area contributed by atoms with Gasteiger partial charge in [0.2, 0.25) is 0 Å². The van der Waals surface area contributed by atoms with Crippen molar-refractivity contribution in [2.45, 2.75) is 43.6 Å². The van der Waals surface area contributed by atoms with Crippen LogP contribution in [0.3, 0.4) is 0 Å². The first-order valence-electron chi connectivity index (χ1n) is 9.15.